The van der Waals surface area contributed by atoms with E-state index in [2.05, 4.69) is 10.7 Å². The summed E-state index contributed by atoms with van der Waals surface area (Å²) in [6, 6.07) is 5.16. The molecule has 0 bridgehead atoms. The Labute approximate surface area is 103 Å². The van der Waals surface area contributed by atoms with Gasteiger partial charge < -0.3 is 9.84 Å². The predicted octanol–water partition coefficient (Wildman–Crippen LogP) is 3.42. The van der Waals surface area contributed by atoms with Gasteiger partial charge in [0.05, 0.1) is 6.10 Å². The summed E-state index contributed by atoms with van der Waals surface area (Å²) in [5.74, 6) is 2.15. The first-order valence-electron chi connectivity index (χ1n) is 5.39. The summed E-state index contributed by atoms with van der Waals surface area (Å²) in [7, 11) is 0. The molecule has 0 heterocycles. The van der Waals surface area contributed by atoms with E-state index < -0.39 is 12.5 Å². The molecule has 0 aromatic heterocycles. The van der Waals surface area contributed by atoms with E-state index in [1.165, 1.54) is 24.3 Å². The van der Waals surface area contributed by atoms with Crippen molar-refractivity contribution >= 4 is 0 Å². The molecule has 5 heteroatoms. The first-order chi connectivity index (χ1) is 8.42. The summed E-state index contributed by atoms with van der Waals surface area (Å²) in [5.41, 5.74) is 0.543. The SMILES string of the molecule is C#CCCCC(O)c1ccc(OC(F)(F)F)cc1. The van der Waals surface area contributed by atoms with Crippen LogP contribution in [0, 0.1) is 12.3 Å². The molecule has 0 spiro atoms. The van der Waals surface area contributed by atoms with Crippen LogP contribution < -0.4 is 4.74 Å². The average Bonchev–Trinajstić information content (AvgIpc) is 2.28. The molecule has 0 fully saturated rings. The van der Waals surface area contributed by atoms with Crippen molar-refractivity contribution in [1.82, 2.24) is 0 Å². The van der Waals surface area contributed by atoms with Crippen molar-refractivity contribution in [3.63, 3.8) is 0 Å². The molecular weight excluding hydrogens is 245 g/mol. The molecule has 0 amide bonds. The molecule has 1 N–H and O–H groups in total. The van der Waals surface area contributed by atoms with E-state index in [1.54, 1.807) is 0 Å². The number of hydrogen-bond acceptors (Lipinski definition) is 2. The van der Waals surface area contributed by atoms with Crippen molar-refractivity contribution < 1.29 is 23.0 Å². The molecule has 1 rings (SSSR count). The highest BCUT2D eigenvalue weighted by atomic mass is 19.4. The van der Waals surface area contributed by atoms with Crippen molar-refractivity contribution in [2.75, 3.05) is 0 Å². The van der Waals surface area contributed by atoms with E-state index in [-0.39, 0.29) is 5.75 Å². The highest BCUT2D eigenvalue weighted by Crippen LogP contribution is 2.25. The van der Waals surface area contributed by atoms with E-state index in [0.717, 1.165) is 0 Å². The fourth-order valence-corrected chi connectivity index (χ4v) is 1.46. The van der Waals surface area contributed by atoms with Gasteiger partial charge in [0.25, 0.3) is 0 Å². The van der Waals surface area contributed by atoms with Crippen molar-refractivity contribution in [2.45, 2.75) is 31.7 Å². The first-order valence-corrected chi connectivity index (χ1v) is 5.39. The van der Waals surface area contributed by atoms with Gasteiger partial charge in [-0.25, -0.2) is 0 Å². The third kappa shape index (κ3) is 5.11. The zero-order valence-corrected chi connectivity index (χ0v) is 9.57. The number of aliphatic hydroxyl groups excluding tert-OH is 1. The Morgan fingerprint density at radius 2 is 1.89 bits per heavy atom. The van der Waals surface area contributed by atoms with Crippen molar-refractivity contribution in [2.24, 2.45) is 0 Å². The molecule has 1 aromatic rings. The molecule has 2 nitrogen and oxygen atoms in total. The standard InChI is InChI=1S/C13H13F3O2/c1-2-3-4-5-12(17)10-6-8-11(9-7-10)18-13(14,15)16/h1,6-9,12,17H,3-5H2. The number of halogens is 3. The minimum absolute atomic E-state index is 0.304. The molecular formula is C13H13F3O2. The summed E-state index contributed by atoms with van der Waals surface area (Å²) >= 11 is 0. The number of benzene rings is 1. The summed E-state index contributed by atoms with van der Waals surface area (Å²) in [4.78, 5) is 0. The zero-order chi connectivity index (χ0) is 13.6. The fourth-order valence-electron chi connectivity index (χ4n) is 1.46. The molecule has 98 valence electrons. The van der Waals surface area contributed by atoms with Crippen molar-refractivity contribution in [1.29, 1.82) is 0 Å². The van der Waals surface area contributed by atoms with Crippen LogP contribution in [0.5, 0.6) is 5.75 Å². The number of terminal acetylenes is 1. The van der Waals surface area contributed by atoms with Gasteiger partial charge >= 0.3 is 6.36 Å². The van der Waals surface area contributed by atoms with Gasteiger partial charge in [0.15, 0.2) is 0 Å². The van der Waals surface area contributed by atoms with Crippen LogP contribution in [0.1, 0.15) is 30.9 Å². The molecule has 1 atom stereocenters. The van der Waals surface area contributed by atoms with Gasteiger partial charge in [0, 0.05) is 6.42 Å². The number of rotatable bonds is 5. The fraction of sp³-hybridized carbons (Fsp3) is 0.385. The topological polar surface area (TPSA) is 29.5 Å². The van der Waals surface area contributed by atoms with Crippen LogP contribution in [-0.4, -0.2) is 11.5 Å². The smallest absolute Gasteiger partial charge is 0.406 e. The zero-order valence-electron chi connectivity index (χ0n) is 9.57. The monoisotopic (exact) mass is 258 g/mol. The minimum atomic E-state index is -4.70. The molecule has 0 saturated carbocycles. The van der Waals surface area contributed by atoms with Crippen LogP contribution in [0.25, 0.3) is 0 Å². The van der Waals surface area contributed by atoms with Gasteiger partial charge in [-0.1, -0.05) is 12.1 Å². The second-order valence-electron chi connectivity index (χ2n) is 3.73. The van der Waals surface area contributed by atoms with E-state index in [4.69, 9.17) is 6.42 Å². The van der Waals surface area contributed by atoms with Gasteiger partial charge in [-0.05, 0) is 30.5 Å². The molecule has 0 saturated heterocycles. The molecule has 1 unspecified atom stereocenters. The lowest BCUT2D eigenvalue weighted by atomic mass is 10.0. The molecule has 18 heavy (non-hydrogen) atoms. The van der Waals surface area contributed by atoms with E-state index in [0.29, 0.717) is 24.8 Å². The van der Waals surface area contributed by atoms with Crippen LogP contribution in [0.15, 0.2) is 24.3 Å². The Morgan fingerprint density at radius 1 is 1.28 bits per heavy atom. The lowest BCUT2D eigenvalue weighted by Crippen LogP contribution is -2.17. The minimum Gasteiger partial charge on any atom is -0.406 e. The van der Waals surface area contributed by atoms with E-state index >= 15 is 0 Å². The number of ether oxygens (including phenoxy) is 1. The molecule has 0 aliphatic heterocycles. The highest BCUT2D eigenvalue weighted by Gasteiger charge is 2.31. The highest BCUT2D eigenvalue weighted by molar-refractivity contribution is 5.28. The summed E-state index contributed by atoms with van der Waals surface area (Å²) in [6.07, 6.45) is 1.35. The third-order valence-corrected chi connectivity index (χ3v) is 2.30. The Morgan fingerprint density at radius 3 is 2.39 bits per heavy atom. The number of unbranched alkanes of at least 4 members (excludes halogenated alkanes) is 1. The lowest BCUT2D eigenvalue weighted by molar-refractivity contribution is -0.274. The van der Waals surface area contributed by atoms with Crippen LogP contribution in [0.3, 0.4) is 0 Å². The number of hydrogen-bond donors (Lipinski definition) is 1. The molecule has 0 radical (unpaired) electrons. The summed E-state index contributed by atoms with van der Waals surface area (Å²) in [6.45, 7) is 0. The molecule has 0 aliphatic rings. The summed E-state index contributed by atoms with van der Waals surface area (Å²) < 4.78 is 39.5. The van der Waals surface area contributed by atoms with Crippen molar-refractivity contribution in [3.8, 4) is 18.1 Å². The Kier molecular flexibility index (Phi) is 5.05. The van der Waals surface area contributed by atoms with Gasteiger partial charge in [-0.3, -0.25) is 0 Å². The van der Waals surface area contributed by atoms with Gasteiger partial charge in [0.2, 0.25) is 0 Å². The Balaban J connectivity index is 2.57. The maximum absolute atomic E-state index is 11.9. The Hall–Kier alpha value is -1.67. The second-order valence-corrected chi connectivity index (χ2v) is 3.73. The molecule has 0 aliphatic carbocycles. The second kappa shape index (κ2) is 6.31. The van der Waals surface area contributed by atoms with Crippen molar-refractivity contribution in [3.05, 3.63) is 29.8 Å². The van der Waals surface area contributed by atoms with E-state index in [1.807, 2.05) is 0 Å². The quantitative estimate of drug-likeness (QED) is 0.647. The molecule has 1 aromatic carbocycles. The van der Waals surface area contributed by atoms with Crippen LogP contribution in [-0.2, 0) is 0 Å². The number of aliphatic hydroxyl groups is 1. The van der Waals surface area contributed by atoms with Gasteiger partial charge in [-0.15, -0.1) is 25.5 Å². The first kappa shape index (κ1) is 14.4. The lowest BCUT2D eigenvalue weighted by Gasteiger charge is -2.12. The largest absolute Gasteiger partial charge is 0.573 e. The Bertz CT molecular complexity index is 404. The third-order valence-electron chi connectivity index (χ3n) is 2.30. The number of alkyl halides is 3. The normalized spacial score (nSPS) is 12.8. The van der Waals surface area contributed by atoms with Crippen LogP contribution in [0.4, 0.5) is 13.2 Å². The van der Waals surface area contributed by atoms with Gasteiger partial charge in [-0.2, -0.15) is 0 Å². The predicted molar refractivity (Wildman–Crippen MR) is 60.8 cm³/mol. The maximum atomic E-state index is 11.9. The van der Waals surface area contributed by atoms with Gasteiger partial charge in [0.1, 0.15) is 5.75 Å². The maximum Gasteiger partial charge on any atom is 0.573 e. The van der Waals surface area contributed by atoms with E-state index in [9.17, 15) is 18.3 Å². The summed E-state index contributed by atoms with van der Waals surface area (Å²) in [5, 5.41) is 9.74. The van der Waals surface area contributed by atoms with Crippen LogP contribution in [0.2, 0.25) is 0 Å². The van der Waals surface area contributed by atoms with Crippen LogP contribution >= 0.6 is 0 Å². The average molecular weight is 258 g/mol.